The molecule has 0 radical (unpaired) electrons. The molecule has 1 aromatic carbocycles. The quantitative estimate of drug-likeness (QED) is 0.442. The molecule has 1 nitrogen and oxygen atoms in total. The van der Waals surface area contributed by atoms with E-state index in [-0.39, 0.29) is 0 Å². The predicted octanol–water partition coefficient (Wildman–Crippen LogP) is 2.01. The minimum atomic E-state index is 0.318. The van der Waals surface area contributed by atoms with Crippen LogP contribution in [0.2, 0.25) is 0 Å². The first-order valence-corrected chi connectivity index (χ1v) is 3.89. The van der Waals surface area contributed by atoms with Gasteiger partial charge in [-0.25, -0.2) is 0 Å². The molecular weight excluding hydrogens is 168 g/mol. The summed E-state index contributed by atoms with van der Waals surface area (Å²) < 4.78 is 4.73. The first-order chi connectivity index (χ1) is 5.83. The van der Waals surface area contributed by atoms with E-state index in [4.69, 9.17) is 17.0 Å². The zero-order valence-corrected chi connectivity index (χ0v) is 7.52. The van der Waals surface area contributed by atoms with E-state index in [1.807, 2.05) is 30.3 Å². The number of benzene rings is 1. The Morgan fingerprint density at radius 2 is 2.00 bits per heavy atom. The molecule has 1 aromatic rings. The van der Waals surface area contributed by atoms with Crippen molar-refractivity contribution < 1.29 is 4.74 Å². The first-order valence-electron chi connectivity index (χ1n) is 3.48. The van der Waals surface area contributed by atoms with Gasteiger partial charge in [0.1, 0.15) is 0 Å². The smallest absolute Gasteiger partial charge is 0.237 e. The van der Waals surface area contributed by atoms with Crippen LogP contribution in [0.25, 0.3) is 0 Å². The summed E-state index contributed by atoms with van der Waals surface area (Å²) in [6, 6.07) is 9.65. The molecule has 0 aromatic heterocycles. The molecule has 0 amide bonds. The molecule has 0 saturated carbocycles. The van der Waals surface area contributed by atoms with Gasteiger partial charge in [-0.05, 0) is 30.3 Å². The third-order valence-corrected chi connectivity index (χ3v) is 1.54. The fraction of sp³-hybridized carbons (Fsp3) is 0.100. The van der Waals surface area contributed by atoms with E-state index in [1.165, 1.54) is 7.11 Å². The van der Waals surface area contributed by atoms with Gasteiger partial charge in [0.2, 0.25) is 5.05 Å². The summed E-state index contributed by atoms with van der Waals surface area (Å²) in [5.74, 6) is 5.59. The number of ether oxygens (including phenoxy) is 1. The average molecular weight is 176 g/mol. The highest BCUT2D eigenvalue weighted by molar-refractivity contribution is 7.80. The van der Waals surface area contributed by atoms with Crippen LogP contribution in [-0.2, 0) is 4.74 Å². The summed E-state index contributed by atoms with van der Waals surface area (Å²) in [6.45, 7) is 0. The zero-order valence-electron chi connectivity index (χ0n) is 6.70. The third-order valence-electron chi connectivity index (χ3n) is 1.27. The Kier molecular flexibility index (Phi) is 3.31. The van der Waals surface area contributed by atoms with Crippen molar-refractivity contribution in [1.29, 1.82) is 0 Å². The minimum absolute atomic E-state index is 0.318. The van der Waals surface area contributed by atoms with Crippen LogP contribution in [0.1, 0.15) is 5.56 Å². The van der Waals surface area contributed by atoms with Gasteiger partial charge in [-0.3, -0.25) is 0 Å². The molecule has 0 saturated heterocycles. The molecule has 0 aliphatic carbocycles. The highest BCUT2D eigenvalue weighted by atomic mass is 32.1. The lowest BCUT2D eigenvalue weighted by Crippen LogP contribution is -1.90. The molecule has 60 valence electrons. The van der Waals surface area contributed by atoms with Crippen molar-refractivity contribution in [3.8, 4) is 11.8 Å². The van der Waals surface area contributed by atoms with Crippen molar-refractivity contribution in [2.24, 2.45) is 0 Å². The summed E-state index contributed by atoms with van der Waals surface area (Å²) in [7, 11) is 1.52. The molecule has 0 fully saturated rings. The summed E-state index contributed by atoms with van der Waals surface area (Å²) in [5.41, 5.74) is 0.942. The SMILES string of the molecule is COC(=S)C#Cc1ccccc1. The van der Waals surface area contributed by atoms with Crippen LogP contribution in [0.4, 0.5) is 0 Å². The van der Waals surface area contributed by atoms with Crippen LogP contribution >= 0.6 is 12.2 Å². The molecule has 0 aliphatic heterocycles. The van der Waals surface area contributed by atoms with Gasteiger partial charge in [-0.1, -0.05) is 24.1 Å². The Labute approximate surface area is 77.4 Å². The van der Waals surface area contributed by atoms with E-state index < -0.39 is 0 Å². The monoisotopic (exact) mass is 176 g/mol. The van der Waals surface area contributed by atoms with Gasteiger partial charge in [-0.2, -0.15) is 0 Å². The molecule has 0 aliphatic rings. The predicted molar refractivity (Wildman–Crippen MR) is 52.9 cm³/mol. The van der Waals surface area contributed by atoms with Crippen LogP contribution in [0.5, 0.6) is 0 Å². The molecule has 2 heteroatoms. The molecule has 0 atom stereocenters. The van der Waals surface area contributed by atoms with E-state index in [0.717, 1.165) is 5.56 Å². The molecule has 0 bridgehead atoms. The maximum absolute atomic E-state index is 4.76. The lowest BCUT2D eigenvalue weighted by molar-refractivity contribution is 0.420. The lowest BCUT2D eigenvalue weighted by atomic mass is 10.2. The Morgan fingerprint density at radius 3 is 2.58 bits per heavy atom. The van der Waals surface area contributed by atoms with Gasteiger partial charge in [0, 0.05) is 5.56 Å². The van der Waals surface area contributed by atoms with Crippen LogP contribution in [-0.4, -0.2) is 12.2 Å². The maximum atomic E-state index is 4.76. The normalized spacial score (nSPS) is 8.08. The Bertz CT molecular complexity index is 319. The number of methoxy groups -OCH3 is 1. The van der Waals surface area contributed by atoms with E-state index in [2.05, 4.69) is 11.8 Å². The van der Waals surface area contributed by atoms with Crippen LogP contribution in [0.15, 0.2) is 30.3 Å². The van der Waals surface area contributed by atoms with Crippen molar-refractivity contribution in [3.05, 3.63) is 35.9 Å². The second kappa shape index (κ2) is 4.53. The highest BCUT2D eigenvalue weighted by Crippen LogP contribution is 1.94. The standard InChI is InChI=1S/C10H8OS/c1-11-10(12)8-7-9-5-3-2-4-6-9/h2-6H,1H3. The van der Waals surface area contributed by atoms with E-state index in [9.17, 15) is 0 Å². The van der Waals surface area contributed by atoms with Gasteiger partial charge in [-0.15, -0.1) is 0 Å². The summed E-state index contributed by atoms with van der Waals surface area (Å²) in [6.07, 6.45) is 0. The number of hydrogen-bond acceptors (Lipinski definition) is 2. The van der Waals surface area contributed by atoms with Crippen molar-refractivity contribution in [2.45, 2.75) is 0 Å². The van der Waals surface area contributed by atoms with Gasteiger partial charge in [0.05, 0.1) is 7.11 Å². The van der Waals surface area contributed by atoms with E-state index in [0.29, 0.717) is 5.05 Å². The first kappa shape index (κ1) is 8.76. The number of rotatable bonds is 0. The summed E-state index contributed by atoms with van der Waals surface area (Å²) in [4.78, 5) is 0. The summed E-state index contributed by atoms with van der Waals surface area (Å²) >= 11 is 4.76. The van der Waals surface area contributed by atoms with E-state index >= 15 is 0 Å². The summed E-state index contributed by atoms with van der Waals surface area (Å²) in [5, 5.41) is 0.318. The van der Waals surface area contributed by atoms with Gasteiger partial charge in [0.15, 0.2) is 0 Å². The fourth-order valence-corrected chi connectivity index (χ4v) is 0.747. The lowest BCUT2D eigenvalue weighted by Gasteiger charge is -1.89. The van der Waals surface area contributed by atoms with Crippen molar-refractivity contribution in [2.75, 3.05) is 7.11 Å². The molecule has 1 rings (SSSR count). The molecule has 0 heterocycles. The fourth-order valence-electron chi connectivity index (χ4n) is 0.696. The molecule has 0 N–H and O–H groups in total. The Morgan fingerprint density at radius 1 is 1.33 bits per heavy atom. The van der Waals surface area contributed by atoms with Crippen LogP contribution < -0.4 is 0 Å². The average Bonchev–Trinajstić information content (AvgIpc) is 2.16. The third kappa shape index (κ3) is 2.73. The zero-order chi connectivity index (χ0) is 8.81. The Hall–Kier alpha value is -1.33. The molecular formula is C10H8OS. The molecule has 12 heavy (non-hydrogen) atoms. The largest absolute Gasteiger partial charge is 0.480 e. The van der Waals surface area contributed by atoms with Crippen molar-refractivity contribution in [1.82, 2.24) is 0 Å². The van der Waals surface area contributed by atoms with Gasteiger partial charge < -0.3 is 4.74 Å². The second-order valence-electron chi connectivity index (χ2n) is 2.11. The van der Waals surface area contributed by atoms with Gasteiger partial charge in [0.25, 0.3) is 0 Å². The highest BCUT2D eigenvalue weighted by Gasteiger charge is 1.84. The topological polar surface area (TPSA) is 9.23 Å². The number of hydrogen-bond donors (Lipinski definition) is 0. The second-order valence-corrected chi connectivity index (χ2v) is 2.48. The molecule has 0 unspecified atom stereocenters. The van der Waals surface area contributed by atoms with Crippen molar-refractivity contribution >= 4 is 17.3 Å². The van der Waals surface area contributed by atoms with E-state index in [1.54, 1.807) is 0 Å². The minimum Gasteiger partial charge on any atom is -0.480 e. The molecule has 0 spiro atoms. The van der Waals surface area contributed by atoms with Crippen LogP contribution in [0, 0.1) is 11.8 Å². The van der Waals surface area contributed by atoms with Gasteiger partial charge >= 0.3 is 0 Å². The van der Waals surface area contributed by atoms with Crippen molar-refractivity contribution in [3.63, 3.8) is 0 Å². The van der Waals surface area contributed by atoms with Crippen LogP contribution in [0.3, 0.4) is 0 Å². The maximum Gasteiger partial charge on any atom is 0.237 e. The number of thiocarbonyl (C=S) groups is 1. The Balaban J connectivity index is 2.74.